The van der Waals surface area contributed by atoms with E-state index in [1.54, 1.807) is 12.1 Å². The summed E-state index contributed by atoms with van der Waals surface area (Å²) < 4.78 is 143. The second-order valence-electron chi connectivity index (χ2n) is 10.8. The van der Waals surface area contributed by atoms with Gasteiger partial charge in [0, 0.05) is 32.0 Å². The molecule has 0 spiro atoms. The van der Waals surface area contributed by atoms with Gasteiger partial charge in [0.05, 0.1) is 36.4 Å². The van der Waals surface area contributed by atoms with Crippen LogP contribution >= 0.6 is 11.3 Å². The van der Waals surface area contributed by atoms with E-state index in [-0.39, 0.29) is 54.3 Å². The molecule has 0 unspecified atom stereocenters. The number of allylic oxidation sites excluding steroid dienone is 2. The van der Waals surface area contributed by atoms with Crippen LogP contribution in [0, 0.1) is 94.0 Å². The Hall–Kier alpha value is -6.68. The van der Waals surface area contributed by atoms with Gasteiger partial charge in [-0.2, -0.15) is 0 Å². The van der Waals surface area contributed by atoms with E-state index in [2.05, 4.69) is 9.69 Å². The van der Waals surface area contributed by atoms with Gasteiger partial charge < -0.3 is 0 Å². The molecule has 15 heteroatoms. The number of fused-ring (bicyclic) bond motifs is 7. The van der Waals surface area contributed by atoms with Crippen molar-refractivity contribution in [2.45, 2.75) is 0 Å². The summed E-state index contributed by atoms with van der Waals surface area (Å²) in [6.07, 6.45) is 0. The third kappa shape index (κ3) is 4.29. The number of benzene rings is 4. The monoisotopic (exact) mass is 716 g/mol. The number of thiophene rings is 1. The lowest BCUT2D eigenvalue weighted by Crippen LogP contribution is -2.04. The highest BCUT2D eigenvalue weighted by Gasteiger charge is 2.40. The van der Waals surface area contributed by atoms with Gasteiger partial charge in [-0.3, -0.25) is 0 Å². The molecule has 7 rings (SSSR count). The van der Waals surface area contributed by atoms with Gasteiger partial charge in [0.1, 0.15) is 0 Å². The molecule has 5 aromatic rings. The SMILES string of the molecule is [C-]#[N+]/C(C#N)=C1/c2cc(-c3c(F)c(F)c(F)c(F)c3F)ccc2-c2c1sc1c2-c2ccc(-c3c(F)c(F)c(F)c(F)c3F)cc2/C1=C(/C#N)[N+]#[C-]. The van der Waals surface area contributed by atoms with E-state index in [0.29, 0.717) is 0 Å². The van der Waals surface area contributed by atoms with Gasteiger partial charge in [-0.05, 0) is 45.5 Å². The van der Waals surface area contributed by atoms with E-state index < -0.39 is 91.8 Å². The van der Waals surface area contributed by atoms with E-state index in [4.69, 9.17) is 13.1 Å². The average molecular weight is 717 g/mol. The van der Waals surface area contributed by atoms with Gasteiger partial charge >= 0.3 is 0 Å². The molecular weight excluding hydrogens is 710 g/mol. The number of nitriles is 2. The molecule has 0 fully saturated rings. The van der Waals surface area contributed by atoms with Crippen LogP contribution in [0.15, 0.2) is 47.8 Å². The van der Waals surface area contributed by atoms with E-state index in [1.807, 2.05) is 0 Å². The maximum atomic E-state index is 14.8. The van der Waals surface area contributed by atoms with Gasteiger partial charge in [-0.1, -0.05) is 24.3 Å². The third-order valence-electron chi connectivity index (χ3n) is 8.38. The fraction of sp³-hybridized carbons (Fsp3) is 0. The Labute approximate surface area is 282 Å². The van der Waals surface area contributed by atoms with Crippen molar-refractivity contribution < 1.29 is 43.9 Å². The Morgan fingerprint density at radius 1 is 0.471 bits per heavy atom. The van der Waals surface area contributed by atoms with E-state index >= 15 is 0 Å². The molecule has 51 heavy (non-hydrogen) atoms. The molecule has 0 amide bonds. The molecule has 0 saturated carbocycles. The average Bonchev–Trinajstić information content (AvgIpc) is 3.75. The molecule has 0 aliphatic heterocycles. The zero-order valence-corrected chi connectivity index (χ0v) is 25.3. The summed E-state index contributed by atoms with van der Waals surface area (Å²) in [5.41, 5.74) is -3.96. The van der Waals surface area contributed by atoms with Crippen LogP contribution in [0.5, 0.6) is 0 Å². The summed E-state index contributed by atoms with van der Waals surface area (Å²) in [6.45, 7) is 15.2. The Kier molecular flexibility index (Phi) is 7.37. The van der Waals surface area contributed by atoms with Crippen LogP contribution in [0.3, 0.4) is 0 Å². The van der Waals surface area contributed by atoms with Crippen LogP contribution in [0.2, 0.25) is 0 Å². The van der Waals surface area contributed by atoms with E-state index in [9.17, 15) is 54.4 Å². The minimum atomic E-state index is -2.38. The van der Waals surface area contributed by atoms with Crippen LogP contribution < -0.4 is 0 Å². The summed E-state index contributed by atoms with van der Waals surface area (Å²) in [4.78, 5) is 6.86. The Bertz CT molecular complexity index is 2480. The van der Waals surface area contributed by atoms with Crippen molar-refractivity contribution in [3.63, 3.8) is 0 Å². The molecular formula is C36H6F10N4S. The quantitative estimate of drug-likeness (QED) is 0.0588. The highest BCUT2D eigenvalue weighted by Crippen LogP contribution is 2.62. The predicted octanol–water partition coefficient (Wildman–Crippen LogP) is 10.8. The molecule has 0 N–H and O–H groups in total. The fourth-order valence-electron chi connectivity index (χ4n) is 6.25. The van der Waals surface area contributed by atoms with Crippen molar-refractivity contribution in [1.82, 2.24) is 0 Å². The molecule has 0 bridgehead atoms. The highest BCUT2D eigenvalue weighted by atomic mass is 32.1. The van der Waals surface area contributed by atoms with Crippen molar-refractivity contribution in [3.8, 4) is 56.6 Å². The van der Waals surface area contributed by atoms with Crippen LogP contribution in [0.1, 0.15) is 20.9 Å². The Morgan fingerprint density at radius 3 is 1.08 bits per heavy atom. The number of hydrogen-bond acceptors (Lipinski definition) is 3. The molecule has 2 aliphatic carbocycles. The lowest BCUT2D eigenvalue weighted by Gasteiger charge is -2.12. The number of halogens is 10. The number of rotatable bonds is 2. The first-order valence-electron chi connectivity index (χ1n) is 13.9. The molecule has 1 aromatic heterocycles. The Morgan fingerprint density at radius 2 is 0.784 bits per heavy atom. The normalized spacial score (nSPS) is 14.1. The molecule has 0 saturated heterocycles. The lowest BCUT2D eigenvalue weighted by atomic mass is 9.93. The summed E-state index contributed by atoms with van der Waals surface area (Å²) in [6, 6.07) is 10.1. The topological polar surface area (TPSA) is 56.3 Å². The maximum absolute atomic E-state index is 14.8. The number of nitrogens with zero attached hydrogens (tertiary/aromatic N) is 4. The van der Waals surface area contributed by atoms with Crippen LogP contribution in [0.4, 0.5) is 43.9 Å². The number of hydrogen-bond donors (Lipinski definition) is 0. The first kappa shape index (κ1) is 32.8. The zero-order valence-electron chi connectivity index (χ0n) is 24.4. The van der Waals surface area contributed by atoms with Crippen molar-refractivity contribution in [1.29, 1.82) is 10.5 Å². The highest BCUT2D eigenvalue weighted by molar-refractivity contribution is 7.16. The fourth-order valence-corrected chi connectivity index (χ4v) is 7.70. The molecule has 4 aromatic carbocycles. The first-order valence-corrected chi connectivity index (χ1v) is 14.7. The maximum Gasteiger partial charge on any atom is 0.271 e. The van der Waals surface area contributed by atoms with Gasteiger partial charge in [0.15, 0.2) is 46.5 Å². The van der Waals surface area contributed by atoms with Crippen molar-refractivity contribution in [3.05, 3.63) is 150 Å². The second kappa shape index (κ2) is 11.4. The van der Waals surface area contributed by atoms with Gasteiger partial charge in [0.25, 0.3) is 11.4 Å². The molecule has 4 nitrogen and oxygen atoms in total. The molecule has 246 valence electrons. The summed E-state index contributed by atoms with van der Waals surface area (Å²) in [7, 11) is 0. The van der Waals surface area contributed by atoms with Crippen LogP contribution in [-0.2, 0) is 0 Å². The van der Waals surface area contributed by atoms with Crippen LogP contribution in [-0.4, -0.2) is 0 Å². The van der Waals surface area contributed by atoms with Crippen LogP contribution in [0.25, 0.3) is 65.3 Å². The van der Waals surface area contributed by atoms with Gasteiger partial charge in [-0.15, -0.1) is 11.3 Å². The summed E-state index contributed by atoms with van der Waals surface area (Å²) in [5, 5.41) is 19.7. The molecule has 2 aliphatic rings. The standard InChI is InChI=1S/C36H6F10N4S/c1-49-17(9-47)21-15-7-11(19-25(37)29(41)33(45)30(42)26(19)38)3-5-13(15)23-24-14-6-4-12(20-27(39)31(43)34(46)32(44)28(20)40)8-16(14)22(18(10-48)50-2)36(24)51-35(21)23/h3-8H/b21-17-,22-18+. The smallest absolute Gasteiger partial charge is 0.226 e. The zero-order chi connectivity index (χ0) is 36.8. The predicted molar refractivity (Wildman–Crippen MR) is 162 cm³/mol. The lowest BCUT2D eigenvalue weighted by molar-refractivity contribution is 0.381. The largest absolute Gasteiger partial charge is 0.271 e. The third-order valence-corrected chi connectivity index (χ3v) is 9.61. The summed E-state index contributed by atoms with van der Waals surface area (Å²) in [5.74, 6) is -22.1. The molecule has 1 heterocycles. The summed E-state index contributed by atoms with van der Waals surface area (Å²) >= 11 is 0.848. The Balaban J connectivity index is 1.54. The van der Waals surface area contributed by atoms with Gasteiger partial charge in [0.2, 0.25) is 11.6 Å². The van der Waals surface area contributed by atoms with Gasteiger partial charge in [-0.25, -0.2) is 64.1 Å². The van der Waals surface area contributed by atoms with E-state index in [0.717, 1.165) is 35.6 Å². The van der Waals surface area contributed by atoms with Crippen molar-refractivity contribution >= 4 is 22.5 Å². The minimum absolute atomic E-state index is 0.0178. The molecule has 0 radical (unpaired) electrons. The minimum Gasteiger partial charge on any atom is -0.226 e. The van der Waals surface area contributed by atoms with Crippen molar-refractivity contribution in [2.24, 2.45) is 0 Å². The second-order valence-corrected chi connectivity index (χ2v) is 11.8. The first-order chi connectivity index (χ1) is 24.3. The van der Waals surface area contributed by atoms with E-state index in [1.165, 1.54) is 12.1 Å². The molecule has 0 atom stereocenters. The van der Waals surface area contributed by atoms with Crippen molar-refractivity contribution in [2.75, 3.05) is 0 Å².